The highest BCUT2D eigenvalue weighted by Crippen LogP contribution is 2.36. The monoisotopic (exact) mass is 404 g/mol. The van der Waals surface area contributed by atoms with Crippen LogP contribution in [0, 0.1) is 6.92 Å². The van der Waals surface area contributed by atoms with Crippen LogP contribution in [-0.4, -0.2) is 36.0 Å². The number of hydrogen-bond acceptors (Lipinski definition) is 3. The molecule has 0 bridgehead atoms. The zero-order valence-electron chi connectivity index (χ0n) is 16.7. The number of fused-ring (bicyclic) bond motifs is 2. The van der Waals surface area contributed by atoms with E-state index < -0.39 is 0 Å². The molecule has 2 aromatic carbocycles. The van der Waals surface area contributed by atoms with Gasteiger partial charge in [-0.25, -0.2) is 0 Å². The maximum absolute atomic E-state index is 13.2. The molecule has 0 radical (unpaired) electrons. The van der Waals surface area contributed by atoms with Crippen molar-refractivity contribution in [3.8, 4) is 5.75 Å². The number of benzene rings is 2. The van der Waals surface area contributed by atoms with E-state index in [1.807, 2.05) is 23.1 Å². The molecule has 0 unspecified atom stereocenters. The second-order valence-corrected chi connectivity index (χ2v) is 8.83. The molecule has 0 saturated carbocycles. The Labute approximate surface area is 174 Å². The molecule has 1 saturated heterocycles. The van der Waals surface area contributed by atoms with Gasteiger partial charge in [-0.3, -0.25) is 4.79 Å². The van der Waals surface area contributed by atoms with Crippen LogP contribution in [0.3, 0.4) is 0 Å². The van der Waals surface area contributed by atoms with Crippen molar-refractivity contribution in [1.82, 2.24) is 9.88 Å². The van der Waals surface area contributed by atoms with Crippen molar-refractivity contribution < 1.29 is 9.53 Å². The Balaban J connectivity index is 1.35. The molecular formula is C24H24N2O2S. The number of amides is 1. The van der Waals surface area contributed by atoms with Crippen molar-refractivity contribution in [3.63, 3.8) is 0 Å². The van der Waals surface area contributed by atoms with Crippen molar-refractivity contribution in [2.45, 2.75) is 25.7 Å². The molecule has 0 spiro atoms. The lowest BCUT2D eigenvalue weighted by Crippen LogP contribution is -2.37. The maximum Gasteiger partial charge on any atom is 0.264 e. The summed E-state index contributed by atoms with van der Waals surface area (Å²) in [4.78, 5) is 19.5. The number of carbonyl (C=O) groups is 1. The van der Waals surface area contributed by atoms with Crippen molar-refractivity contribution in [1.29, 1.82) is 0 Å². The van der Waals surface area contributed by atoms with Gasteiger partial charge in [0.05, 0.1) is 12.0 Å². The lowest BCUT2D eigenvalue weighted by atomic mass is 9.89. The zero-order chi connectivity index (χ0) is 20.0. The molecule has 4 aromatic rings. The number of likely N-dealkylation sites (tertiary alicyclic amines) is 1. The third kappa shape index (κ3) is 3.10. The highest BCUT2D eigenvalue weighted by molar-refractivity contribution is 7.21. The Hall–Kier alpha value is -2.79. The second kappa shape index (κ2) is 7.23. The lowest BCUT2D eigenvalue weighted by Gasteiger charge is -2.32. The fourth-order valence-corrected chi connectivity index (χ4v) is 5.68. The van der Waals surface area contributed by atoms with Crippen molar-refractivity contribution in [2.24, 2.45) is 0 Å². The van der Waals surface area contributed by atoms with Gasteiger partial charge in [0.15, 0.2) is 0 Å². The number of thiophene rings is 1. The van der Waals surface area contributed by atoms with Gasteiger partial charge in [-0.15, -0.1) is 11.3 Å². The molecule has 1 aliphatic heterocycles. The Kier molecular flexibility index (Phi) is 4.55. The van der Waals surface area contributed by atoms with Crippen LogP contribution >= 0.6 is 11.3 Å². The number of methoxy groups -OCH3 is 1. The van der Waals surface area contributed by atoms with Crippen molar-refractivity contribution >= 4 is 38.2 Å². The quantitative estimate of drug-likeness (QED) is 0.475. The third-order valence-corrected chi connectivity index (χ3v) is 7.44. The van der Waals surface area contributed by atoms with Crippen LogP contribution in [0.15, 0.2) is 48.7 Å². The number of H-pyrrole nitrogens is 1. The second-order valence-electron chi connectivity index (χ2n) is 7.77. The number of carbonyl (C=O) groups excluding carboxylic acids is 1. The molecule has 1 amide bonds. The average Bonchev–Trinajstić information content (AvgIpc) is 3.34. The van der Waals surface area contributed by atoms with Gasteiger partial charge in [-0.1, -0.05) is 18.2 Å². The van der Waals surface area contributed by atoms with Crippen LogP contribution in [0.5, 0.6) is 5.75 Å². The minimum Gasteiger partial charge on any atom is -0.497 e. The first-order valence-corrected chi connectivity index (χ1v) is 10.9. The van der Waals surface area contributed by atoms with Gasteiger partial charge in [-0.05, 0) is 66.5 Å². The molecule has 0 atom stereocenters. The van der Waals surface area contributed by atoms with Gasteiger partial charge >= 0.3 is 0 Å². The van der Waals surface area contributed by atoms with E-state index in [0.717, 1.165) is 47.6 Å². The Morgan fingerprint density at radius 1 is 1.14 bits per heavy atom. The number of nitrogens with one attached hydrogen (secondary N) is 1. The maximum atomic E-state index is 13.2. The van der Waals surface area contributed by atoms with E-state index in [2.05, 4.69) is 42.4 Å². The number of aryl methyl sites for hydroxylation is 1. The standard InChI is InChI=1S/C24H24N2O2S/c1-15-18-5-3-4-6-22(18)29-23(15)24(27)26-11-9-16(10-12-26)20-14-25-21-8-7-17(28-2)13-19(20)21/h3-8,13-14,16,25H,9-12H2,1-2H3. The van der Waals surface area contributed by atoms with Crippen molar-refractivity contribution in [2.75, 3.05) is 20.2 Å². The summed E-state index contributed by atoms with van der Waals surface area (Å²) in [6.45, 7) is 3.67. The Morgan fingerprint density at radius 2 is 1.93 bits per heavy atom. The summed E-state index contributed by atoms with van der Waals surface area (Å²) in [5.74, 6) is 1.53. The molecule has 29 heavy (non-hydrogen) atoms. The summed E-state index contributed by atoms with van der Waals surface area (Å²) < 4.78 is 6.59. The highest BCUT2D eigenvalue weighted by atomic mass is 32.1. The summed E-state index contributed by atoms with van der Waals surface area (Å²) in [7, 11) is 1.70. The highest BCUT2D eigenvalue weighted by Gasteiger charge is 2.28. The molecule has 5 rings (SSSR count). The van der Waals surface area contributed by atoms with Crippen LogP contribution in [0.2, 0.25) is 0 Å². The smallest absolute Gasteiger partial charge is 0.264 e. The number of nitrogens with zero attached hydrogens (tertiary/aromatic N) is 1. The number of aromatic nitrogens is 1. The normalized spacial score (nSPS) is 15.3. The molecule has 2 aromatic heterocycles. The molecule has 1 fully saturated rings. The summed E-state index contributed by atoms with van der Waals surface area (Å²) in [5.41, 5.74) is 3.59. The predicted octanol–water partition coefficient (Wildman–Crippen LogP) is 5.72. The van der Waals surface area contributed by atoms with Crippen LogP contribution in [0.1, 0.15) is 39.6 Å². The van der Waals surface area contributed by atoms with E-state index in [4.69, 9.17) is 4.74 Å². The number of piperidine rings is 1. The first-order valence-electron chi connectivity index (χ1n) is 10.1. The van der Waals surface area contributed by atoms with E-state index in [0.29, 0.717) is 5.92 Å². The molecule has 1 N–H and O–H groups in total. The fraction of sp³-hybridized carbons (Fsp3) is 0.292. The average molecular weight is 405 g/mol. The Morgan fingerprint density at radius 3 is 2.69 bits per heavy atom. The van der Waals surface area contributed by atoms with E-state index in [1.165, 1.54) is 21.0 Å². The van der Waals surface area contributed by atoms with E-state index in [9.17, 15) is 4.79 Å². The van der Waals surface area contributed by atoms with Gasteiger partial charge in [0.1, 0.15) is 5.75 Å². The third-order valence-electron chi connectivity index (χ3n) is 6.18. The van der Waals surface area contributed by atoms with Crippen LogP contribution in [0.25, 0.3) is 21.0 Å². The van der Waals surface area contributed by atoms with Gasteiger partial charge in [0, 0.05) is 34.9 Å². The minimum atomic E-state index is 0.183. The van der Waals surface area contributed by atoms with Crippen molar-refractivity contribution in [3.05, 3.63) is 64.7 Å². The van der Waals surface area contributed by atoms with Gasteiger partial charge in [0.25, 0.3) is 5.91 Å². The van der Waals surface area contributed by atoms with Crippen LogP contribution < -0.4 is 4.74 Å². The van der Waals surface area contributed by atoms with Gasteiger partial charge in [-0.2, -0.15) is 0 Å². The lowest BCUT2D eigenvalue weighted by molar-refractivity contribution is 0.0717. The summed E-state index contributed by atoms with van der Waals surface area (Å²) in [6.07, 6.45) is 4.10. The first-order chi connectivity index (χ1) is 14.2. The Bertz CT molecular complexity index is 1200. The summed E-state index contributed by atoms with van der Waals surface area (Å²) >= 11 is 1.62. The molecule has 0 aliphatic carbocycles. The van der Waals surface area contributed by atoms with Gasteiger partial charge < -0.3 is 14.6 Å². The molecule has 5 heteroatoms. The molecule has 4 nitrogen and oxygen atoms in total. The topological polar surface area (TPSA) is 45.3 Å². The number of rotatable bonds is 3. The number of hydrogen-bond donors (Lipinski definition) is 1. The van der Waals surface area contributed by atoms with E-state index in [-0.39, 0.29) is 5.91 Å². The zero-order valence-corrected chi connectivity index (χ0v) is 17.5. The first kappa shape index (κ1) is 18.3. The molecule has 148 valence electrons. The minimum absolute atomic E-state index is 0.183. The largest absolute Gasteiger partial charge is 0.497 e. The fourth-order valence-electron chi connectivity index (χ4n) is 4.50. The van der Waals surface area contributed by atoms with E-state index in [1.54, 1.807) is 18.4 Å². The molecular weight excluding hydrogens is 380 g/mol. The summed E-state index contributed by atoms with van der Waals surface area (Å²) in [6, 6.07) is 14.4. The predicted molar refractivity (Wildman–Crippen MR) is 119 cm³/mol. The van der Waals surface area contributed by atoms with Gasteiger partial charge in [0.2, 0.25) is 0 Å². The van der Waals surface area contributed by atoms with Crippen LogP contribution in [-0.2, 0) is 0 Å². The molecule has 1 aliphatic rings. The summed E-state index contributed by atoms with van der Waals surface area (Å²) in [5, 5.41) is 2.43. The van der Waals surface area contributed by atoms with E-state index >= 15 is 0 Å². The number of aromatic amines is 1. The number of ether oxygens (including phenoxy) is 1. The molecule has 3 heterocycles. The van der Waals surface area contributed by atoms with Crippen LogP contribution in [0.4, 0.5) is 0 Å². The SMILES string of the molecule is COc1ccc2[nH]cc(C3CCN(C(=O)c4sc5ccccc5c4C)CC3)c2c1.